The van der Waals surface area contributed by atoms with E-state index in [1.807, 2.05) is 6.79 Å². The minimum Gasteiger partial charge on any atom is -0.508 e. The van der Waals surface area contributed by atoms with Gasteiger partial charge < -0.3 is 9.90 Å². The third-order valence-electron chi connectivity index (χ3n) is 2.17. The van der Waals surface area contributed by atoms with Crippen LogP contribution in [0.25, 0.3) is 0 Å². The Balaban J connectivity index is 0.000000956. The molecule has 20 heavy (non-hydrogen) atoms. The Morgan fingerprint density at radius 2 is 1.60 bits per heavy atom. The second-order valence-corrected chi connectivity index (χ2v) is 3.49. The van der Waals surface area contributed by atoms with E-state index in [1.54, 1.807) is 24.3 Å². The number of benzene rings is 2. The SMILES string of the molecule is C=O.O=[N+]([O-])c1cccc(N=Nc2ccc(O)cc2)c1. The molecule has 0 atom stereocenters. The number of non-ortho nitro benzene ring substituents is 1. The van der Waals surface area contributed by atoms with Crippen LogP contribution in [0.5, 0.6) is 5.75 Å². The molecular weight excluding hydrogens is 262 g/mol. The smallest absolute Gasteiger partial charge is 0.271 e. The van der Waals surface area contributed by atoms with E-state index in [0.717, 1.165) is 0 Å². The number of hydrogen-bond acceptors (Lipinski definition) is 6. The molecule has 1 N–H and O–H groups in total. The van der Waals surface area contributed by atoms with Crippen molar-refractivity contribution < 1.29 is 14.8 Å². The summed E-state index contributed by atoms with van der Waals surface area (Å²) in [4.78, 5) is 18.1. The summed E-state index contributed by atoms with van der Waals surface area (Å²) in [7, 11) is 0. The molecule has 102 valence electrons. The summed E-state index contributed by atoms with van der Waals surface area (Å²) in [6.45, 7) is 2.00. The zero-order valence-electron chi connectivity index (χ0n) is 10.3. The number of phenols is 1. The second kappa shape index (κ2) is 7.37. The van der Waals surface area contributed by atoms with Crippen LogP contribution < -0.4 is 0 Å². The van der Waals surface area contributed by atoms with Crippen molar-refractivity contribution in [1.29, 1.82) is 0 Å². The van der Waals surface area contributed by atoms with Crippen LogP contribution in [0, 0.1) is 10.1 Å². The number of carbonyl (C=O) groups excluding carboxylic acids is 1. The Morgan fingerprint density at radius 1 is 1.00 bits per heavy atom. The maximum absolute atomic E-state index is 10.6. The van der Waals surface area contributed by atoms with Gasteiger partial charge in [-0.15, -0.1) is 0 Å². The van der Waals surface area contributed by atoms with Gasteiger partial charge in [-0.3, -0.25) is 10.1 Å². The van der Waals surface area contributed by atoms with Gasteiger partial charge in [0.2, 0.25) is 0 Å². The minimum absolute atomic E-state index is 0.0304. The van der Waals surface area contributed by atoms with Crippen LogP contribution in [0.1, 0.15) is 0 Å². The number of nitrogens with zero attached hydrogens (tertiary/aromatic N) is 3. The van der Waals surface area contributed by atoms with Crippen LogP contribution in [0.4, 0.5) is 17.1 Å². The number of azo groups is 1. The van der Waals surface area contributed by atoms with Crippen LogP contribution in [0.3, 0.4) is 0 Å². The van der Waals surface area contributed by atoms with E-state index in [9.17, 15) is 10.1 Å². The fraction of sp³-hybridized carbons (Fsp3) is 0. The van der Waals surface area contributed by atoms with E-state index >= 15 is 0 Å². The zero-order valence-corrected chi connectivity index (χ0v) is 10.3. The molecule has 0 saturated heterocycles. The highest BCUT2D eigenvalue weighted by atomic mass is 16.6. The molecule has 0 aliphatic heterocycles. The summed E-state index contributed by atoms with van der Waals surface area (Å²) in [5.74, 6) is 0.143. The Bertz CT molecular complexity index is 611. The van der Waals surface area contributed by atoms with Crippen molar-refractivity contribution in [1.82, 2.24) is 0 Å². The highest BCUT2D eigenvalue weighted by Gasteiger charge is 2.04. The molecule has 0 amide bonds. The van der Waals surface area contributed by atoms with Crippen LogP contribution in [-0.4, -0.2) is 16.8 Å². The predicted octanol–water partition coefficient (Wildman–Crippen LogP) is 3.53. The van der Waals surface area contributed by atoms with Gasteiger partial charge in [0.05, 0.1) is 16.3 Å². The van der Waals surface area contributed by atoms with Gasteiger partial charge in [0.1, 0.15) is 12.5 Å². The lowest BCUT2D eigenvalue weighted by atomic mass is 10.3. The van der Waals surface area contributed by atoms with Crippen molar-refractivity contribution >= 4 is 23.9 Å². The van der Waals surface area contributed by atoms with Gasteiger partial charge in [0, 0.05) is 12.1 Å². The number of carbonyl (C=O) groups is 1. The monoisotopic (exact) mass is 273 g/mol. The topological polar surface area (TPSA) is 105 Å². The molecular formula is C13H11N3O4. The zero-order chi connectivity index (χ0) is 15.0. The van der Waals surface area contributed by atoms with Crippen molar-refractivity contribution in [2.45, 2.75) is 0 Å². The first kappa shape index (κ1) is 15.0. The maximum Gasteiger partial charge on any atom is 0.271 e. The van der Waals surface area contributed by atoms with Gasteiger partial charge in [0.25, 0.3) is 5.69 Å². The van der Waals surface area contributed by atoms with Gasteiger partial charge in [-0.25, -0.2) is 0 Å². The molecule has 0 aliphatic carbocycles. The molecule has 2 aromatic carbocycles. The fourth-order valence-corrected chi connectivity index (χ4v) is 1.30. The standard InChI is InChI=1S/C12H9N3O3.CH2O/c16-12-6-4-9(5-7-12)13-14-10-2-1-3-11(8-10)15(17)18;1-2/h1-8,16H;1H2. The molecule has 0 bridgehead atoms. The molecule has 0 fully saturated rings. The fourth-order valence-electron chi connectivity index (χ4n) is 1.30. The Hall–Kier alpha value is -3.09. The number of aromatic hydroxyl groups is 1. The van der Waals surface area contributed by atoms with E-state index in [4.69, 9.17) is 9.90 Å². The number of nitro groups is 1. The Labute approximate surface area is 114 Å². The maximum atomic E-state index is 10.6. The van der Waals surface area contributed by atoms with Crippen molar-refractivity contribution in [2.75, 3.05) is 0 Å². The quantitative estimate of drug-likeness (QED) is 0.524. The Kier molecular flexibility index (Phi) is 5.51. The molecule has 0 spiro atoms. The number of phenolic OH excluding ortho intramolecular Hbond substituents is 1. The van der Waals surface area contributed by atoms with Crippen molar-refractivity contribution in [3.63, 3.8) is 0 Å². The van der Waals surface area contributed by atoms with Gasteiger partial charge in [0.15, 0.2) is 0 Å². The van der Waals surface area contributed by atoms with Gasteiger partial charge in [-0.1, -0.05) is 6.07 Å². The summed E-state index contributed by atoms with van der Waals surface area (Å²) < 4.78 is 0. The number of hydrogen-bond donors (Lipinski definition) is 1. The van der Waals surface area contributed by atoms with Crippen LogP contribution >= 0.6 is 0 Å². The van der Waals surface area contributed by atoms with Gasteiger partial charge in [-0.05, 0) is 30.3 Å². The first-order valence-electron chi connectivity index (χ1n) is 5.39. The molecule has 0 aliphatic rings. The average molecular weight is 273 g/mol. The van der Waals surface area contributed by atoms with E-state index in [-0.39, 0.29) is 11.4 Å². The first-order valence-corrected chi connectivity index (χ1v) is 5.39. The molecule has 2 aromatic rings. The van der Waals surface area contributed by atoms with E-state index in [1.165, 1.54) is 24.3 Å². The average Bonchev–Trinajstić information content (AvgIpc) is 2.49. The highest BCUT2D eigenvalue weighted by Crippen LogP contribution is 2.23. The minimum atomic E-state index is -0.487. The molecule has 0 aromatic heterocycles. The molecule has 0 radical (unpaired) electrons. The number of nitro benzene ring substituents is 1. The molecule has 0 unspecified atom stereocenters. The van der Waals surface area contributed by atoms with Gasteiger partial charge in [-0.2, -0.15) is 10.2 Å². The summed E-state index contributed by atoms with van der Waals surface area (Å²) in [6.07, 6.45) is 0. The lowest BCUT2D eigenvalue weighted by Crippen LogP contribution is -1.85. The third kappa shape index (κ3) is 4.30. The molecule has 7 nitrogen and oxygen atoms in total. The van der Waals surface area contributed by atoms with Crippen molar-refractivity contribution in [3.8, 4) is 5.75 Å². The molecule has 2 rings (SSSR count). The summed E-state index contributed by atoms with van der Waals surface area (Å²) in [5, 5.41) is 27.5. The van der Waals surface area contributed by atoms with Crippen molar-refractivity contribution in [3.05, 3.63) is 58.6 Å². The van der Waals surface area contributed by atoms with Crippen LogP contribution in [0.2, 0.25) is 0 Å². The summed E-state index contributed by atoms with van der Waals surface area (Å²) in [5.41, 5.74) is 0.925. The lowest BCUT2D eigenvalue weighted by molar-refractivity contribution is -0.384. The van der Waals surface area contributed by atoms with E-state index in [2.05, 4.69) is 10.2 Å². The summed E-state index contributed by atoms with van der Waals surface area (Å²) in [6, 6.07) is 12.1. The molecule has 0 saturated carbocycles. The first-order chi connectivity index (χ1) is 9.65. The third-order valence-corrected chi connectivity index (χ3v) is 2.17. The van der Waals surface area contributed by atoms with Crippen LogP contribution in [-0.2, 0) is 4.79 Å². The van der Waals surface area contributed by atoms with Gasteiger partial charge >= 0.3 is 0 Å². The number of rotatable bonds is 3. The largest absolute Gasteiger partial charge is 0.508 e. The lowest BCUT2D eigenvalue weighted by Gasteiger charge is -1.94. The second-order valence-electron chi connectivity index (χ2n) is 3.49. The summed E-state index contributed by atoms with van der Waals surface area (Å²) >= 11 is 0. The van der Waals surface area contributed by atoms with E-state index < -0.39 is 4.92 Å². The Morgan fingerprint density at radius 3 is 2.20 bits per heavy atom. The predicted molar refractivity (Wildman–Crippen MR) is 72.5 cm³/mol. The van der Waals surface area contributed by atoms with Crippen molar-refractivity contribution in [2.24, 2.45) is 10.2 Å². The van der Waals surface area contributed by atoms with Crippen LogP contribution in [0.15, 0.2) is 58.8 Å². The van der Waals surface area contributed by atoms with E-state index in [0.29, 0.717) is 11.4 Å². The molecule has 7 heteroatoms. The normalized spacial score (nSPS) is 9.80. The highest BCUT2D eigenvalue weighted by molar-refractivity contribution is 5.47. The molecule has 0 heterocycles.